The van der Waals surface area contributed by atoms with E-state index in [4.69, 9.17) is 0 Å². The summed E-state index contributed by atoms with van der Waals surface area (Å²) in [4.78, 5) is 12.3. The second-order valence-corrected chi connectivity index (χ2v) is 5.42. The summed E-state index contributed by atoms with van der Waals surface area (Å²) in [5, 5.41) is 10.5. The summed E-state index contributed by atoms with van der Waals surface area (Å²) in [5.41, 5.74) is -0.454. The Morgan fingerprint density at radius 2 is 2.33 bits per heavy atom. The molecule has 1 aromatic rings. The summed E-state index contributed by atoms with van der Waals surface area (Å²) in [7, 11) is 0. The van der Waals surface area contributed by atoms with E-state index in [9.17, 15) is 4.79 Å². The summed E-state index contributed by atoms with van der Waals surface area (Å²) in [6.07, 6.45) is 4.84. The number of nitrogens with one attached hydrogen (secondary N) is 2. The fourth-order valence-corrected chi connectivity index (χ4v) is 2.33. The van der Waals surface area contributed by atoms with Crippen molar-refractivity contribution in [3.63, 3.8) is 0 Å². The standard InChI is InChI=1S/C13H22N4O/c1-10(2)17-11(6-9-15-17)16-12(18)13(3)7-4-5-8-14-13/h6,9-10,14H,4-5,7-8H2,1-3H3,(H,16,18). The molecule has 1 amide bonds. The minimum Gasteiger partial charge on any atom is -0.309 e. The van der Waals surface area contributed by atoms with E-state index in [1.165, 1.54) is 0 Å². The van der Waals surface area contributed by atoms with E-state index in [0.29, 0.717) is 0 Å². The smallest absolute Gasteiger partial charge is 0.245 e. The van der Waals surface area contributed by atoms with Gasteiger partial charge in [-0.2, -0.15) is 5.10 Å². The van der Waals surface area contributed by atoms with Crippen LogP contribution in [0.4, 0.5) is 5.82 Å². The summed E-state index contributed by atoms with van der Waals surface area (Å²) < 4.78 is 1.82. The van der Waals surface area contributed by atoms with E-state index < -0.39 is 5.54 Å². The van der Waals surface area contributed by atoms with E-state index in [0.717, 1.165) is 31.6 Å². The van der Waals surface area contributed by atoms with E-state index in [1.54, 1.807) is 6.20 Å². The first-order valence-corrected chi connectivity index (χ1v) is 6.63. The number of amides is 1. The third-order valence-corrected chi connectivity index (χ3v) is 3.52. The van der Waals surface area contributed by atoms with Crippen molar-refractivity contribution in [2.24, 2.45) is 0 Å². The molecule has 1 aromatic heterocycles. The molecular formula is C13H22N4O. The van der Waals surface area contributed by atoms with Gasteiger partial charge in [0, 0.05) is 12.1 Å². The molecule has 1 fully saturated rings. The first-order chi connectivity index (χ1) is 8.53. The van der Waals surface area contributed by atoms with Crippen LogP contribution in [-0.4, -0.2) is 27.8 Å². The molecule has 1 unspecified atom stereocenters. The minimum absolute atomic E-state index is 0.0320. The minimum atomic E-state index is -0.454. The van der Waals surface area contributed by atoms with E-state index in [2.05, 4.69) is 15.7 Å². The molecule has 0 saturated carbocycles. The molecule has 2 rings (SSSR count). The zero-order valence-corrected chi connectivity index (χ0v) is 11.4. The number of nitrogens with zero attached hydrogens (tertiary/aromatic N) is 2. The van der Waals surface area contributed by atoms with Gasteiger partial charge in [-0.3, -0.25) is 4.79 Å². The van der Waals surface area contributed by atoms with Crippen LogP contribution in [-0.2, 0) is 4.79 Å². The van der Waals surface area contributed by atoms with Gasteiger partial charge in [0.1, 0.15) is 5.82 Å². The lowest BCUT2D eigenvalue weighted by atomic mass is 9.90. The molecule has 1 aliphatic rings. The average Bonchev–Trinajstić information content (AvgIpc) is 2.78. The quantitative estimate of drug-likeness (QED) is 0.862. The summed E-state index contributed by atoms with van der Waals surface area (Å²) in [5.74, 6) is 0.799. The van der Waals surface area contributed by atoms with Crippen molar-refractivity contribution < 1.29 is 4.79 Å². The van der Waals surface area contributed by atoms with Crippen molar-refractivity contribution in [2.45, 2.75) is 51.6 Å². The van der Waals surface area contributed by atoms with Gasteiger partial charge in [-0.15, -0.1) is 0 Å². The molecule has 18 heavy (non-hydrogen) atoms. The number of rotatable bonds is 3. The Kier molecular flexibility index (Phi) is 3.71. The van der Waals surface area contributed by atoms with Crippen LogP contribution in [0.1, 0.15) is 46.1 Å². The maximum atomic E-state index is 12.3. The second-order valence-electron chi connectivity index (χ2n) is 5.42. The highest BCUT2D eigenvalue weighted by Gasteiger charge is 2.34. The summed E-state index contributed by atoms with van der Waals surface area (Å²) in [6, 6.07) is 2.08. The molecule has 0 spiro atoms. The van der Waals surface area contributed by atoms with Gasteiger partial charge < -0.3 is 10.6 Å². The molecular weight excluding hydrogens is 228 g/mol. The van der Waals surface area contributed by atoms with Gasteiger partial charge in [0.25, 0.3) is 0 Å². The van der Waals surface area contributed by atoms with Crippen molar-refractivity contribution in [1.82, 2.24) is 15.1 Å². The normalized spacial score (nSPS) is 24.2. The topological polar surface area (TPSA) is 59.0 Å². The maximum Gasteiger partial charge on any atom is 0.245 e. The van der Waals surface area contributed by atoms with Crippen LogP contribution in [0.3, 0.4) is 0 Å². The molecule has 1 atom stereocenters. The highest BCUT2D eigenvalue weighted by Crippen LogP contribution is 2.21. The highest BCUT2D eigenvalue weighted by molar-refractivity contribution is 5.97. The van der Waals surface area contributed by atoms with Crippen LogP contribution >= 0.6 is 0 Å². The number of carbonyl (C=O) groups excluding carboxylic acids is 1. The van der Waals surface area contributed by atoms with Gasteiger partial charge in [-0.1, -0.05) is 0 Å². The van der Waals surface area contributed by atoms with E-state index in [1.807, 2.05) is 31.5 Å². The van der Waals surface area contributed by atoms with Gasteiger partial charge in [0.15, 0.2) is 0 Å². The molecule has 0 aromatic carbocycles. The Hall–Kier alpha value is -1.36. The van der Waals surface area contributed by atoms with Crippen LogP contribution in [0, 0.1) is 0 Å². The maximum absolute atomic E-state index is 12.3. The predicted octanol–water partition coefficient (Wildman–Crippen LogP) is 1.93. The van der Waals surface area contributed by atoms with Crippen LogP contribution in [0.2, 0.25) is 0 Å². The fraction of sp³-hybridized carbons (Fsp3) is 0.692. The molecule has 2 heterocycles. The number of anilines is 1. The monoisotopic (exact) mass is 250 g/mol. The molecule has 5 nitrogen and oxygen atoms in total. The molecule has 2 N–H and O–H groups in total. The van der Waals surface area contributed by atoms with Gasteiger partial charge >= 0.3 is 0 Å². The van der Waals surface area contributed by atoms with Crippen LogP contribution in [0.25, 0.3) is 0 Å². The highest BCUT2D eigenvalue weighted by atomic mass is 16.2. The summed E-state index contributed by atoms with van der Waals surface area (Å²) in [6.45, 7) is 6.97. The van der Waals surface area contributed by atoms with Crippen LogP contribution in [0.5, 0.6) is 0 Å². The fourth-order valence-electron chi connectivity index (χ4n) is 2.33. The van der Waals surface area contributed by atoms with E-state index in [-0.39, 0.29) is 11.9 Å². The number of carbonyl (C=O) groups is 1. The van der Waals surface area contributed by atoms with Crippen LogP contribution < -0.4 is 10.6 Å². The predicted molar refractivity (Wildman–Crippen MR) is 71.5 cm³/mol. The Morgan fingerprint density at radius 1 is 1.56 bits per heavy atom. The molecule has 0 bridgehead atoms. The summed E-state index contributed by atoms with van der Waals surface area (Å²) >= 11 is 0. The van der Waals surface area contributed by atoms with Crippen molar-refractivity contribution in [3.8, 4) is 0 Å². The van der Waals surface area contributed by atoms with Gasteiger partial charge in [-0.25, -0.2) is 4.68 Å². The van der Waals surface area contributed by atoms with Gasteiger partial charge in [0.2, 0.25) is 5.91 Å². The Labute approximate surface area is 108 Å². The number of aromatic nitrogens is 2. The third-order valence-electron chi connectivity index (χ3n) is 3.52. The Bertz CT molecular complexity index is 418. The van der Waals surface area contributed by atoms with Crippen LogP contribution in [0.15, 0.2) is 12.3 Å². The first kappa shape index (κ1) is 13.1. The largest absolute Gasteiger partial charge is 0.309 e. The zero-order chi connectivity index (χ0) is 13.2. The van der Waals surface area contributed by atoms with Crippen molar-refractivity contribution >= 4 is 11.7 Å². The number of hydrogen-bond donors (Lipinski definition) is 2. The van der Waals surface area contributed by atoms with E-state index >= 15 is 0 Å². The van der Waals surface area contributed by atoms with Crippen molar-refractivity contribution in [3.05, 3.63) is 12.3 Å². The number of piperidine rings is 1. The molecule has 0 aliphatic carbocycles. The SMILES string of the molecule is CC(C)n1nccc1NC(=O)C1(C)CCCCN1. The lowest BCUT2D eigenvalue weighted by Crippen LogP contribution is -2.54. The Balaban J connectivity index is 2.08. The van der Waals surface area contributed by atoms with Gasteiger partial charge in [0.05, 0.1) is 11.7 Å². The van der Waals surface area contributed by atoms with Crippen molar-refractivity contribution in [1.29, 1.82) is 0 Å². The average molecular weight is 250 g/mol. The van der Waals surface area contributed by atoms with Gasteiger partial charge in [-0.05, 0) is 46.6 Å². The molecule has 1 saturated heterocycles. The first-order valence-electron chi connectivity index (χ1n) is 6.63. The second kappa shape index (κ2) is 5.10. The molecule has 5 heteroatoms. The molecule has 0 radical (unpaired) electrons. The molecule has 1 aliphatic heterocycles. The van der Waals surface area contributed by atoms with Crippen molar-refractivity contribution in [2.75, 3.05) is 11.9 Å². The third kappa shape index (κ3) is 2.56. The zero-order valence-electron chi connectivity index (χ0n) is 11.4. The lowest BCUT2D eigenvalue weighted by Gasteiger charge is -2.33. The molecule has 100 valence electrons. The lowest BCUT2D eigenvalue weighted by molar-refractivity contribution is -0.122. The Morgan fingerprint density at radius 3 is 2.94 bits per heavy atom. The number of hydrogen-bond acceptors (Lipinski definition) is 3.